The predicted molar refractivity (Wildman–Crippen MR) is 109 cm³/mol. The topological polar surface area (TPSA) is 73.7 Å². The monoisotopic (exact) mass is 393 g/mol. The Morgan fingerprint density at radius 2 is 1.93 bits per heavy atom. The molecule has 2 fully saturated rings. The maximum absolute atomic E-state index is 12.9. The molecule has 1 spiro atoms. The Hall–Kier alpha value is -2.89. The molecule has 0 bridgehead atoms. The van der Waals surface area contributed by atoms with Gasteiger partial charge in [0.05, 0.1) is 6.20 Å². The van der Waals surface area contributed by atoms with Gasteiger partial charge in [0.1, 0.15) is 11.4 Å². The summed E-state index contributed by atoms with van der Waals surface area (Å²) >= 11 is 0. The Bertz CT molecular complexity index is 869. The average molecular weight is 393 g/mol. The maximum atomic E-state index is 12.9. The summed E-state index contributed by atoms with van der Waals surface area (Å²) in [5, 5.41) is 9.41. The third kappa shape index (κ3) is 4.42. The number of pyridine rings is 1. The number of rotatable bonds is 4. The molecule has 0 unspecified atom stereocenters. The number of likely N-dealkylation sites (tertiary alicyclic amines) is 2. The van der Waals surface area contributed by atoms with Gasteiger partial charge in [-0.2, -0.15) is 0 Å². The molecule has 6 nitrogen and oxygen atoms in total. The second kappa shape index (κ2) is 8.23. The van der Waals surface area contributed by atoms with Crippen LogP contribution in [0.5, 0.6) is 5.75 Å². The number of carbonyl (C=O) groups excluding carboxylic acids is 2. The molecule has 1 aromatic carbocycles. The quantitative estimate of drug-likeness (QED) is 0.867. The summed E-state index contributed by atoms with van der Waals surface area (Å²) in [6.07, 6.45) is 5.51. The summed E-state index contributed by atoms with van der Waals surface area (Å²) in [4.78, 5) is 33.3. The van der Waals surface area contributed by atoms with Crippen molar-refractivity contribution in [1.82, 2.24) is 14.8 Å². The first-order valence-electron chi connectivity index (χ1n) is 10.3. The van der Waals surface area contributed by atoms with E-state index in [-0.39, 0.29) is 23.0 Å². The first-order valence-corrected chi connectivity index (χ1v) is 10.3. The lowest BCUT2D eigenvalue weighted by Crippen LogP contribution is -2.55. The van der Waals surface area contributed by atoms with E-state index in [1.165, 1.54) is 17.8 Å². The maximum Gasteiger partial charge on any atom is 0.272 e. The molecule has 2 amide bonds. The van der Waals surface area contributed by atoms with Crippen LogP contribution in [0, 0.1) is 5.41 Å². The third-order valence-electron chi connectivity index (χ3n) is 6.18. The molecule has 1 N–H and O–H groups in total. The van der Waals surface area contributed by atoms with E-state index in [4.69, 9.17) is 0 Å². The number of piperidine rings is 2. The lowest BCUT2D eigenvalue weighted by Gasteiger charge is -2.48. The molecule has 3 heterocycles. The largest absolute Gasteiger partial charge is 0.506 e. The Morgan fingerprint density at radius 3 is 2.69 bits per heavy atom. The number of carbonyl (C=O) groups is 2. The van der Waals surface area contributed by atoms with Gasteiger partial charge in [0, 0.05) is 38.0 Å². The predicted octanol–water partition coefficient (Wildman–Crippen LogP) is 2.87. The zero-order valence-electron chi connectivity index (χ0n) is 16.6. The molecule has 152 valence electrons. The average Bonchev–Trinajstić information content (AvgIpc) is 2.75. The van der Waals surface area contributed by atoms with Crippen molar-refractivity contribution in [2.45, 2.75) is 32.1 Å². The van der Waals surface area contributed by atoms with Gasteiger partial charge >= 0.3 is 0 Å². The minimum Gasteiger partial charge on any atom is -0.506 e. The van der Waals surface area contributed by atoms with Crippen LogP contribution in [-0.4, -0.2) is 57.9 Å². The van der Waals surface area contributed by atoms with Crippen LogP contribution in [-0.2, 0) is 11.2 Å². The first-order chi connectivity index (χ1) is 14.0. The van der Waals surface area contributed by atoms with Gasteiger partial charge in [0.25, 0.3) is 5.91 Å². The van der Waals surface area contributed by atoms with E-state index in [0.717, 1.165) is 32.2 Å². The van der Waals surface area contributed by atoms with Crippen molar-refractivity contribution in [3.63, 3.8) is 0 Å². The Labute approximate surface area is 171 Å². The third-order valence-corrected chi connectivity index (χ3v) is 6.18. The highest BCUT2D eigenvalue weighted by atomic mass is 16.3. The Morgan fingerprint density at radius 1 is 1.10 bits per heavy atom. The zero-order valence-corrected chi connectivity index (χ0v) is 16.6. The summed E-state index contributed by atoms with van der Waals surface area (Å²) in [5.74, 6) is 0.170. The van der Waals surface area contributed by atoms with Crippen molar-refractivity contribution < 1.29 is 14.7 Å². The minimum atomic E-state index is -0.100. The molecule has 4 rings (SSSR count). The van der Waals surface area contributed by atoms with Crippen LogP contribution >= 0.6 is 0 Å². The number of nitrogens with zero attached hydrogens (tertiary/aromatic N) is 3. The molecular formula is C23H27N3O3. The summed E-state index contributed by atoms with van der Waals surface area (Å²) < 4.78 is 0. The van der Waals surface area contributed by atoms with Crippen molar-refractivity contribution in [1.29, 1.82) is 0 Å². The highest BCUT2D eigenvalue weighted by molar-refractivity contribution is 5.92. The molecule has 2 aliphatic rings. The molecule has 2 aliphatic heterocycles. The smallest absolute Gasteiger partial charge is 0.272 e. The molecule has 2 saturated heterocycles. The summed E-state index contributed by atoms with van der Waals surface area (Å²) in [6.45, 7) is 2.80. The molecule has 1 atom stereocenters. The van der Waals surface area contributed by atoms with Crippen LogP contribution in [0.4, 0.5) is 0 Å². The molecular weight excluding hydrogens is 366 g/mol. The van der Waals surface area contributed by atoms with Crippen molar-refractivity contribution in [3.8, 4) is 5.75 Å². The van der Waals surface area contributed by atoms with Crippen LogP contribution in [0.3, 0.4) is 0 Å². The van der Waals surface area contributed by atoms with Gasteiger partial charge in [-0.3, -0.25) is 9.59 Å². The van der Waals surface area contributed by atoms with Gasteiger partial charge in [-0.1, -0.05) is 30.3 Å². The van der Waals surface area contributed by atoms with E-state index in [1.807, 2.05) is 28.0 Å². The van der Waals surface area contributed by atoms with Crippen LogP contribution < -0.4 is 0 Å². The highest BCUT2D eigenvalue weighted by Crippen LogP contribution is 2.39. The van der Waals surface area contributed by atoms with Crippen molar-refractivity contribution in [2.24, 2.45) is 5.41 Å². The van der Waals surface area contributed by atoms with E-state index in [9.17, 15) is 14.7 Å². The summed E-state index contributed by atoms with van der Waals surface area (Å²) in [5.41, 5.74) is 1.56. The van der Waals surface area contributed by atoms with Gasteiger partial charge in [0.15, 0.2) is 0 Å². The fourth-order valence-corrected chi connectivity index (χ4v) is 4.60. The number of amides is 2. The number of aromatic hydroxyl groups is 1. The molecule has 2 aromatic rings. The number of hydrogen-bond acceptors (Lipinski definition) is 4. The number of aromatic nitrogens is 1. The minimum absolute atomic E-state index is 0.0323. The SMILES string of the molecule is O=C1CC[C@]2(CCCN(C(=O)c3ccc(O)cn3)C2)CN1CCc1ccccc1. The molecule has 0 saturated carbocycles. The zero-order chi connectivity index (χ0) is 20.3. The van der Waals surface area contributed by atoms with Gasteiger partial charge in [-0.05, 0) is 43.4 Å². The normalized spacial score (nSPS) is 22.1. The van der Waals surface area contributed by atoms with Crippen LogP contribution in [0.2, 0.25) is 0 Å². The summed E-state index contributed by atoms with van der Waals surface area (Å²) in [6, 6.07) is 13.3. The van der Waals surface area contributed by atoms with E-state index in [1.54, 1.807) is 6.07 Å². The van der Waals surface area contributed by atoms with Gasteiger partial charge in [0.2, 0.25) is 5.91 Å². The van der Waals surface area contributed by atoms with Crippen LogP contribution in [0.25, 0.3) is 0 Å². The van der Waals surface area contributed by atoms with Gasteiger partial charge in [-0.25, -0.2) is 4.98 Å². The number of benzene rings is 1. The van der Waals surface area contributed by atoms with E-state index in [0.29, 0.717) is 31.7 Å². The first kappa shape index (κ1) is 19.4. The Kier molecular flexibility index (Phi) is 5.51. The second-order valence-corrected chi connectivity index (χ2v) is 8.28. The highest BCUT2D eigenvalue weighted by Gasteiger charge is 2.42. The van der Waals surface area contributed by atoms with Crippen molar-refractivity contribution >= 4 is 11.8 Å². The summed E-state index contributed by atoms with van der Waals surface area (Å²) in [7, 11) is 0. The molecule has 1 aromatic heterocycles. The van der Waals surface area contributed by atoms with Crippen LogP contribution in [0.1, 0.15) is 41.7 Å². The van der Waals surface area contributed by atoms with E-state index < -0.39 is 0 Å². The van der Waals surface area contributed by atoms with Crippen molar-refractivity contribution in [3.05, 3.63) is 59.9 Å². The van der Waals surface area contributed by atoms with Crippen molar-refractivity contribution in [2.75, 3.05) is 26.2 Å². The Balaban J connectivity index is 1.43. The molecule has 0 radical (unpaired) electrons. The van der Waals surface area contributed by atoms with E-state index in [2.05, 4.69) is 17.1 Å². The van der Waals surface area contributed by atoms with Gasteiger partial charge in [-0.15, -0.1) is 0 Å². The fourth-order valence-electron chi connectivity index (χ4n) is 4.60. The van der Waals surface area contributed by atoms with Crippen LogP contribution in [0.15, 0.2) is 48.7 Å². The standard InChI is InChI=1S/C23H27N3O3/c27-19-7-8-20(24-15-19)22(29)26-13-4-11-23(17-26)12-9-21(28)25(16-23)14-10-18-5-2-1-3-6-18/h1-3,5-8,15,27H,4,9-14,16-17H2/t23-/m1/s1. The van der Waals surface area contributed by atoms with E-state index >= 15 is 0 Å². The fraction of sp³-hybridized carbons (Fsp3) is 0.435. The number of hydrogen-bond donors (Lipinski definition) is 1. The molecule has 29 heavy (non-hydrogen) atoms. The second-order valence-electron chi connectivity index (χ2n) is 8.28. The molecule has 0 aliphatic carbocycles. The van der Waals surface area contributed by atoms with Gasteiger partial charge < -0.3 is 14.9 Å². The lowest BCUT2D eigenvalue weighted by molar-refractivity contribution is -0.138. The lowest BCUT2D eigenvalue weighted by atomic mass is 9.73. The molecule has 6 heteroatoms.